The van der Waals surface area contributed by atoms with Gasteiger partial charge in [-0.3, -0.25) is 9.59 Å². The van der Waals surface area contributed by atoms with E-state index in [9.17, 15) is 9.59 Å². The number of amides is 2. The van der Waals surface area contributed by atoms with E-state index in [2.05, 4.69) is 24.5 Å². The van der Waals surface area contributed by atoms with E-state index in [0.29, 0.717) is 18.9 Å². The highest BCUT2D eigenvalue weighted by Gasteiger charge is 2.29. The molecule has 0 spiro atoms. The highest BCUT2D eigenvalue weighted by Crippen LogP contribution is 2.20. The number of nitrogens with zero attached hydrogens (tertiary/aromatic N) is 1. The lowest BCUT2D eigenvalue weighted by molar-refractivity contribution is -0.136. The minimum Gasteiger partial charge on any atom is -0.353 e. The highest BCUT2D eigenvalue weighted by molar-refractivity contribution is 5.81. The van der Waals surface area contributed by atoms with E-state index >= 15 is 0 Å². The second kappa shape index (κ2) is 9.26. The van der Waals surface area contributed by atoms with Crippen LogP contribution in [0.25, 0.3) is 0 Å². The summed E-state index contributed by atoms with van der Waals surface area (Å²) in [6.45, 7) is 7.74. The topological polar surface area (TPSA) is 61.4 Å². The molecule has 2 rings (SSSR count). The molecule has 3 atom stereocenters. The molecule has 132 valence electrons. The highest BCUT2D eigenvalue weighted by atomic mass is 16.2. The molecule has 2 amide bonds. The van der Waals surface area contributed by atoms with Crippen LogP contribution in [0.3, 0.4) is 0 Å². The van der Waals surface area contributed by atoms with Crippen LogP contribution in [-0.4, -0.2) is 48.9 Å². The fourth-order valence-corrected chi connectivity index (χ4v) is 3.73. The fraction of sp³-hybridized carbons (Fsp3) is 0.889. The first-order valence-electron chi connectivity index (χ1n) is 9.39. The molecule has 0 radical (unpaired) electrons. The molecular weight excluding hydrogens is 290 g/mol. The zero-order valence-electron chi connectivity index (χ0n) is 14.8. The molecule has 2 aliphatic rings. The standard InChI is InChI=1S/C18H33N3O2/c1-3-5-14(2)20-18(23)16-6-4-11-21(13-16)17(22)8-7-15-9-10-19-12-15/h14-16,19H,3-13H2,1-2H3,(H,20,23). The molecule has 2 N–H and O–H groups in total. The van der Waals surface area contributed by atoms with Crippen LogP contribution in [0, 0.1) is 11.8 Å². The van der Waals surface area contributed by atoms with Gasteiger partial charge >= 0.3 is 0 Å². The van der Waals surface area contributed by atoms with Crippen LogP contribution in [0.1, 0.15) is 58.8 Å². The molecule has 0 bridgehead atoms. The third kappa shape index (κ3) is 5.79. The monoisotopic (exact) mass is 323 g/mol. The minimum absolute atomic E-state index is 0.0276. The van der Waals surface area contributed by atoms with Crippen LogP contribution in [0.4, 0.5) is 0 Å². The number of hydrogen-bond donors (Lipinski definition) is 2. The fourth-order valence-electron chi connectivity index (χ4n) is 3.73. The summed E-state index contributed by atoms with van der Waals surface area (Å²) in [6.07, 6.45) is 6.73. The van der Waals surface area contributed by atoms with Gasteiger partial charge in [0.1, 0.15) is 0 Å². The molecule has 0 aromatic heterocycles. The van der Waals surface area contributed by atoms with Crippen molar-refractivity contribution >= 4 is 11.8 Å². The van der Waals surface area contributed by atoms with Crippen molar-refractivity contribution in [3.05, 3.63) is 0 Å². The van der Waals surface area contributed by atoms with Gasteiger partial charge in [-0.05, 0) is 58.0 Å². The summed E-state index contributed by atoms with van der Waals surface area (Å²) in [4.78, 5) is 26.7. The average Bonchev–Trinajstić information content (AvgIpc) is 3.06. The molecule has 0 aromatic carbocycles. The van der Waals surface area contributed by atoms with Gasteiger partial charge in [0.2, 0.25) is 11.8 Å². The van der Waals surface area contributed by atoms with Crippen LogP contribution in [0.2, 0.25) is 0 Å². The van der Waals surface area contributed by atoms with Gasteiger partial charge in [-0.15, -0.1) is 0 Å². The quantitative estimate of drug-likeness (QED) is 0.752. The molecule has 5 heteroatoms. The maximum Gasteiger partial charge on any atom is 0.225 e. The molecule has 5 nitrogen and oxygen atoms in total. The number of hydrogen-bond acceptors (Lipinski definition) is 3. The van der Waals surface area contributed by atoms with E-state index in [-0.39, 0.29) is 23.8 Å². The smallest absolute Gasteiger partial charge is 0.225 e. The Morgan fingerprint density at radius 3 is 2.87 bits per heavy atom. The van der Waals surface area contributed by atoms with Crippen molar-refractivity contribution in [1.82, 2.24) is 15.5 Å². The van der Waals surface area contributed by atoms with Gasteiger partial charge < -0.3 is 15.5 Å². The van der Waals surface area contributed by atoms with Gasteiger partial charge in [-0.2, -0.15) is 0 Å². The average molecular weight is 323 g/mol. The lowest BCUT2D eigenvalue weighted by atomic mass is 9.95. The Balaban J connectivity index is 1.75. The first-order valence-corrected chi connectivity index (χ1v) is 9.39. The SMILES string of the molecule is CCCC(C)NC(=O)C1CCCN(C(=O)CCC2CCNC2)C1. The van der Waals surface area contributed by atoms with Gasteiger partial charge in [0.15, 0.2) is 0 Å². The number of carbonyl (C=O) groups is 2. The Morgan fingerprint density at radius 1 is 1.35 bits per heavy atom. The van der Waals surface area contributed by atoms with Crippen molar-refractivity contribution in [1.29, 1.82) is 0 Å². The summed E-state index contributed by atoms with van der Waals surface area (Å²) < 4.78 is 0. The Morgan fingerprint density at radius 2 is 2.17 bits per heavy atom. The molecule has 2 aliphatic heterocycles. The molecule has 2 heterocycles. The maximum absolute atomic E-state index is 12.4. The van der Waals surface area contributed by atoms with E-state index in [0.717, 1.165) is 51.7 Å². The second-order valence-electron chi connectivity index (χ2n) is 7.27. The maximum atomic E-state index is 12.4. The lowest BCUT2D eigenvalue weighted by Gasteiger charge is -2.33. The van der Waals surface area contributed by atoms with Gasteiger partial charge in [0.05, 0.1) is 5.92 Å². The van der Waals surface area contributed by atoms with Gasteiger partial charge in [0.25, 0.3) is 0 Å². The van der Waals surface area contributed by atoms with Crippen molar-refractivity contribution in [2.75, 3.05) is 26.2 Å². The number of piperidine rings is 1. The molecule has 0 aliphatic carbocycles. The third-order valence-electron chi connectivity index (χ3n) is 5.18. The van der Waals surface area contributed by atoms with E-state index in [1.165, 1.54) is 6.42 Å². The number of nitrogens with one attached hydrogen (secondary N) is 2. The van der Waals surface area contributed by atoms with E-state index in [4.69, 9.17) is 0 Å². The van der Waals surface area contributed by atoms with Crippen molar-refractivity contribution in [2.45, 2.75) is 64.8 Å². The third-order valence-corrected chi connectivity index (χ3v) is 5.18. The van der Waals surface area contributed by atoms with Gasteiger partial charge in [-0.25, -0.2) is 0 Å². The van der Waals surface area contributed by atoms with Crippen molar-refractivity contribution < 1.29 is 9.59 Å². The summed E-state index contributed by atoms with van der Waals surface area (Å²) in [7, 11) is 0. The zero-order chi connectivity index (χ0) is 16.7. The van der Waals surface area contributed by atoms with Crippen LogP contribution in [-0.2, 0) is 9.59 Å². The molecule has 23 heavy (non-hydrogen) atoms. The Hall–Kier alpha value is -1.10. The first kappa shape index (κ1) is 18.2. The first-order chi connectivity index (χ1) is 11.1. The molecule has 0 aromatic rings. The minimum atomic E-state index is -0.0276. The van der Waals surface area contributed by atoms with E-state index < -0.39 is 0 Å². The number of carbonyl (C=O) groups excluding carboxylic acids is 2. The van der Waals surface area contributed by atoms with Crippen LogP contribution >= 0.6 is 0 Å². The van der Waals surface area contributed by atoms with Gasteiger partial charge in [0, 0.05) is 25.6 Å². The molecule has 0 saturated carbocycles. The predicted octanol–water partition coefficient (Wildman–Crippen LogP) is 1.92. The molecule has 3 unspecified atom stereocenters. The number of rotatable bonds is 7. The predicted molar refractivity (Wildman–Crippen MR) is 92.0 cm³/mol. The summed E-state index contributed by atoms with van der Waals surface area (Å²) in [5.41, 5.74) is 0. The Bertz CT molecular complexity index is 394. The summed E-state index contributed by atoms with van der Waals surface area (Å²) >= 11 is 0. The van der Waals surface area contributed by atoms with Crippen LogP contribution < -0.4 is 10.6 Å². The van der Waals surface area contributed by atoms with Crippen LogP contribution in [0.5, 0.6) is 0 Å². The zero-order valence-corrected chi connectivity index (χ0v) is 14.8. The van der Waals surface area contributed by atoms with Crippen LogP contribution in [0.15, 0.2) is 0 Å². The molecule has 2 saturated heterocycles. The van der Waals surface area contributed by atoms with Crippen molar-refractivity contribution in [2.24, 2.45) is 11.8 Å². The number of likely N-dealkylation sites (tertiary alicyclic amines) is 1. The van der Waals surface area contributed by atoms with Gasteiger partial charge in [-0.1, -0.05) is 13.3 Å². The Labute approximate surface area is 140 Å². The van der Waals surface area contributed by atoms with E-state index in [1.54, 1.807) is 0 Å². The molecular formula is C18H33N3O2. The normalized spacial score (nSPS) is 26.1. The van der Waals surface area contributed by atoms with Crippen molar-refractivity contribution in [3.63, 3.8) is 0 Å². The molecule has 2 fully saturated rings. The Kier molecular flexibility index (Phi) is 7.34. The largest absolute Gasteiger partial charge is 0.353 e. The lowest BCUT2D eigenvalue weighted by Crippen LogP contribution is -2.47. The summed E-state index contributed by atoms with van der Waals surface area (Å²) in [5, 5.41) is 6.45. The summed E-state index contributed by atoms with van der Waals surface area (Å²) in [6, 6.07) is 0.230. The van der Waals surface area contributed by atoms with Crippen molar-refractivity contribution in [3.8, 4) is 0 Å². The second-order valence-corrected chi connectivity index (χ2v) is 7.27. The summed E-state index contributed by atoms with van der Waals surface area (Å²) in [5.74, 6) is 0.984. The van der Waals surface area contributed by atoms with E-state index in [1.807, 2.05) is 4.90 Å².